The van der Waals surface area contributed by atoms with Crippen molar-refractivity contribution in [3.63, 3.8) is 0 Å². The molecule has 2 aliphatic rings. The quantitative estimate of drug-likeness (QED) is 0.700. The van der Waals surface area contributed by atoms with E-state index < -0.39 is 6.04 Å². The molecule has 0 radical (unpaired) electrons. The third-order valence-electron chi connectivity index (χ3n) is 5.15. The summed E-state index contributed by atoms with van der Waals surface area (Å²) in [4.78, 5) is 30.9. The molecule has 0 N–H and O–H groups in total. The normalized spacial score (nSPS) is 21.2. The van der Waals surface area contributed by atoms with Crippen molar-refractivity contribution in [2.24, 2.45) is 0 Å². The lowest BCUT2D eigenvalue weighted by Crippen LogP contribution is -2.52. The van der Waals surface area contributed by atoms with E-state index in [-0.39, 0.29) is 24.1 Å². The average Bonchev–Trinajstić information content (AvgIpc) is 2.98. The summed E-state index contributed by atoms with van der Waals surface area (Å²) in [6.07, 6.45) is 0.214. The molecule has 0 aliphatic carbocycles. The molecule has 0 saturated carbocycles. The van der Waals surface area contributed by atoms with Gasteiger partial charge in [-0.15, -0.1) is 0 Å². The van der Waals surface area contributed by atoms with Gasteiger partial charge in [-0.1, -0.05) is 15.9 Å². The molecular weight excluding hydrogens is 413 g/mol. The first-order chi connectivity index (χ1) is 13.0. The zero-order valence-electron chi connectivity index (χ0n) is 14.6. The average molecular weight is 432 g/mol. The Morgan fingerprint density at radius 2 is 1.44 bits per heavy atom. The Hall–Kier alpha value is -2.25. The van der Waals surface area contributed by atoms with Crippen molar-refractivity contribution < 1.29 is 14.0 Å². The molecule has 2 saturated heterocycles. The van der Waals surface area contributed by atoms with E-state index in [1.54, 1.807) is 24.3 Å². The van der Waals surface area contributed by atoms with E-state index in [4.69, 9.17) is 0 Å². The largest absolute Gasteiger partial charge is 0.369 e. The summed E-state index contributed by atoms with van der Waals surface area (Å²) in [5.41, 5.74) is 1.59. The second-order valence-electron chi connectivity index (χ2n) is 6.76. The van der Waals surface area contributed by atoms with Gasteiger partial charge in [0.15, 0.2) is 0 Å². The number of imide groups is 1. The van der Waals surface area contributed by atoms with Crippen LogP contribution in [0.15, 0.2) is 53.0 Å². The van der Waals surface area contributed by atoms with Crippen LogP contribution >= 0.6 is 15.9 Å². The third-order valence-corrected chi connectivity index (χ3v) is 5.68. The number of anilines is 2. The molecule has 5 nitrogen and oxygen atoms in total. The summed E-state index contributed by atoms with van der Waals surface area (Å²) in [5, 5.41) is 0. The van der Waals surface area contributed by atoms with E-state index in [9.17, 15) is 14.0 Å². The number of amides is 2. The van der Waals surface area contributed by atoms with Crippen molar-refractivity contribution in [1.82, 2.24) is 4.90 Å². The van der Waals surface area contributed by atoms with Gasteiger partial charge in [-0.2, -0.15) is 0 Å². The minimum atomic E-state index is -0.406. The van der Waals surface area contributed by atoms with Crippen LogP contribution < -0.4 is 9.80 Å². The lowest BCUT2D eigenvalue weighted by atomic mass is 10.1. The van der Waals surface area contributed by atoms with E-state index in [1.807, 2.05) is 12.1 Å². The van der Waals surface area contributed by atoms with E-state index in [0.717, 1.165) is 23.2 Å². The Morgan fingerprint density at radius 1 is 0.852 bits per heavy atom. The molecule has 4 rings (SSSR count). The molecule has 2 amide bonds. The highest BCUT2D eigenvalue weighted by Gasteiger charge is 2.43. The van der Waals surface area contributed by atoms with Gasteiger partial charge < -0.3 is 4.90 Å². The first-order valence-corrected chi connectivity index (χ1v) is 9.69. The van der Waals surface area contributed by atoms with Crippen LogP contribution in [-0.4, -0.2) is 48.9 Å². The number of benzene rings is 2. The van der Waals surface area contributed by atoms with Crippen LogP contribution in [0.4, 0.5) is 15.8 Å². The maximum atomic E-state index is 13.1. The minimum Gasteiger partial charge on any atom is -0.369 e. The number of nitrogens with zero attached hydrogens (tertiary/aromatic N) is 3. The van der Waals surface area contributed by atoms with Gasteiger partial charge in [0.25, 0.3) is 5.91 Å². The summed E-state index contributed by atoms with van der Waals surface area (Å²) in [6.45, 7) is 2.86. The van der Waals surface area contributed by atoms with Crippen LogP contribution in [0, 0.1) is 5.82 Å². The van der Waals surface area contributed by atoms with Gasteiger partial charge in [-0.05, 0) is 48.5 Å². The summed E-state index contributed by atoms with van der Waals surface area (Å²) in [6, 6.07) is 13.2. The molecule has 0 unspecified atom stereocenters. The van der Waals surface area contributed by atoms with Crippen LogP contribution in [0.25, 0.3) is 0 Å². The fourth-order valence-electron chi connectivity index (χ4n) is 3.71. The predicted molar refractivity (Wildman–Crippen MR) is 105 cm³/mol. The lowest BCUT2D eigenvalue weighted by molar-refractivity contribution is -0.123. The van der Waals surface area contributed by atoms with Crippen LogP contribution in [-0.2, 0) is 9.59 Å². The molecular formula is C20H19BrFN3O2. The topological polar surface area (TPSA) is 43.9 Å². The molecule has 2 aromatic rings. The molecule has 1 atom stereocenters. The van der Waals surface area contributed by atoms with Crippen LogP contribution in [0.3, 0.4) is 0 Å². The Kier molecular flexibility index (Phi) is 4.97. The van der Waals surface area contributed by atoms with Gasteiger partial charge in [0.1, 0.15) is 5.82 Å². The molecule has 2 aliphatic heterocycles. The SMILES string of the molecule is O=C1C[C@H](N2CCN(c3ccc(F)cc3)CC2)C(=O)N1c1ccc(Br)cc1. The van der Waals surface area contributed by atoms with Gasteiger partial charge in [0, 0.05) is 36.3 Å². The predicted octanol–water partition coefficient (Wildman–Crippen LogP) is 3.04. The van der Waals surface area contributed by atoms with Gasteiger partial charge in [0.2, 0.25) is 5.91 Å². The van der Waals surface area contributed by atoms with E-state index in [1.165, 1.54) is 17.0 Å². The number of carbonyl (C=O) groups excluding carboxylic acids is 2. The summed E-state index contributed by atoms with van der Waals surface area (Å²) < 4.78 is 14.0. The Labute approximate surface area is 165 Å². The van der Waals surface area contributed by atoms with Crippen molar-refractivity contribution in [1.29, 1.82) is 0 Å². The molecule has 2 heterocycles. The molecule has 27 heavy (non-hydrogen) atoms. The fraction of sp³-hybridized carbons (Fsp3) is 0.300. The standard InChI is InChI=1S/C20H19BrFN3O2/c21-14-1-5-17(6-2-14)25-19(26)13-18(20(25)27)24-11-9-23(10-12-24)16-7-3-15(22)4-8-16/h1-8,18H,9-13H2/t18-/m0/s1. The molecule has 0 aromatic heterocycles. The van der Waals surface area contributed by atoms with E-state index in [2.05, 4.69) is 25.7 Å². The van der Waals surface area contributed by atoms with Crippen LogP contribution in [0.1, 0.15) is 6.42 Å². The maximum absolute atomic E-state index is 13.1. The summed E-state index contributed by atoms with van der Waals surface area (Å²) in [5.74, 6) is -0.564. The highest BCUT2D eigenvalue weighted by Crippen LogP contribution is 2.28. The fourth-order valence-corrected chi connectivity index (χ4v) is 3.97. The van der Waals surface area contributed by atoms with E-state index in [0.29, 0.717) is 18.8 Å². The van der Waals surface area contributed by atoms with Crippen molar-refractivity contribution in [2.75, 3.05) is 36.0 Å². The van der Waals surface area contributed by atoms with Gasteiger partial charge in [-0.25, -0.2) is 9.29 Å². The van der Waals surface area contributed by atoms with Crippen molar-refractivity contribution in [2.45, 2.75) is 12.5 Å². The number of hydrogen-bond donors (Lipinski definition) is 0. The monoisotopic (exact) mass is 431 g/mol. The molecule has 2 aromatic carbocycles. The number of halogens is 2. The first kappa shape index (κ1) is 18.1. The Balaban J connectivity index is 1.43. The van der Waals surface area contributed by atoms with E-state index >= 15 is 0 Å². The summed E-state index contributed by atoms with van der Waals surface area (Å²) in [7, 11) is 0. The zero-order chi connectivity index (χ0) is 19.0. The number of carbonyl (C=O) groups is 2. The molecule has 140 valence electrons. The Morgan fingerprint density at radius 3 is 2.07 bits per heavy atom. The van der Waals surface area contributed by atoms with Crippen molar-refractivity contribution in [3.8, 4) is 0 Å². The smallest absolute Gasteiger partial charge is 0.251 e. The first-order valence-electron chi connectivity index (χ1n) is 8.90. The molecule has 2 fully saturated rings. The summed E-state index contributed by atoms with van der Waals surface area (Å²) >= 11 is 3.37. The third kappa shape index (κ3) is 3.61. The van der Waals surface area contributed by atoms with Crippen LogP contribution in [0.5, 0.6) is 0 Å². The number of rotatable bonds is 3. The highest BCUT2D eigenvalue weighted by atomic mass is 79.9. The van der Waals surface area contributed by atoms with Gasteiger partial charge >= 0.3 is 0 Å². The lowest BCUT2D eigenvalue weighted by Gasteiger charge is -2.38. The van der Waals surface area contributed by atoms with Crippen LogP contribution in [0.2, 0.25) is 0 Å². The maximum Gasteiger partial charge on any atom is 0.251 e. The number of hydrogen-bond acceptors (Lipinski definition) is 4. The second-order valence-corrected chi connectivity index (χ2v) is 7.68. The minimum absolute atomic E-state index is 0.155. The van der Waals surface area contributed by atoms with Crippen molar-refractivity contribution in [3.05, 3.63) is 58.8 Å². The molecule has 7 heteroatoms. The number of piperazine rings is 1. The molecule has 0 spiro atoms. The highest BCUT2D eigenvalue weighted by molar-refractivity contribution is 9.10. The van der Waals surface area contributed by atoms with Gasteiger partial charge in [-0.3, -0.25) is 14.5 Å². The van der Waals surface area contributed by atoms with Gasteiger partial charge in [0.05, 0.1) is 18.2 Å². The second kappa shape index (κ2) is 7.40. The Bertz CT molecular complexity index is 849. The molecule has 0 bridgehead atoms. The zero-order valence-corrected chi connectivity index (χ0v) is 16.2. The van der Waals surface area contributed by atoms with Crippen molar-refractivity contribution >= 4 is 39.1 Å².